The summed E-state index contributed by atoms with van der Waals surface area (Å²) in [6, 6.07) is 4.29. The number of ether oxygens (including phenoxy) is 2. The molecule has 19 heavy (non-hydrogen) atoms. The van der Waals surface area contributed by atoms with E-state index in [9.17, 15) is 14.9 Å². The highest BCUT2D eigenvalue weighted by molar-refractivity contribution is 5.79. The number of carbonyl (C=O) groups is 1. The van der Waals surface area contributed by atoms with Crippen LogP contribution in [0.15, 0.2) is 18.2 Å². The first-order valence-electron chi connectivity index (χ1n) is 5.87. The van der Waals surface area contributed by atoms with Crippen LogP contribution in [0, 0.1) is 10.1 Å². The number of rotatable bonds is 5. The number of benzene rings is 1. The second kappa shape index (κ2) is 6.26. The lowest BCUT2D eigenvalue weighted by Crippen LogP contribution is -2.34. The molecule has 1 aliphatic heterocycles. The number of carbonyl (C=O) groups excluding carboxylic acids is 1. The van der Waals surface area contributed by atoms with Gasteiger partial charge >= 0.3 is 0 Å². The van der Waals surface area contributed by atoms with Crippen molar-refractivity contribution in [3.8, 4) is 0 Å². The summed E-state index contributed by atoms with van der Waals surface area (Å²) >= 11 is 0. The van der Waals surface area contributed by atoms with Gasteiger partial charge in [-0.2, -0.15) is 0 Å². The molecule has 1 N–H and O–H groups in total. The number of hydrogen-bond donors (Lipinski definition) is 1. The van der Waals surface area contributed by atoms with Crippen molar-refractivity contribution in [2.75, 3.05) is 31.7 Å². The van der Waals surface area contributed by atoms with Crippen molar-refractivity contribution in [1.29, 1.82) is 0 Å². The second-order valence-corrected chi connectivity index (χ2v) is 4.10. The predicted molar refractivity (Wildman–Crippen MR) is 67.5 cm³/mol. The van der Waals surface area contributed by atoms with E-state index >= 15 is 0 Å². The molecule has 102 valence electrons. The average molecular weight is 266 g/mol. The van der Waals surface area contributed by atoms with Gasteiger partial charge in [-0.3, -0.25) is 14.9 Å². The highest BCUT2D eigenvalue weighted by Gasteiger charge is 2.18. The zero-order chi connectivity index (χ0) is 13.7. The normalized spacial score (nSPS) is 18.8. The third-order valence-electron chi connectivity index (χ3n) is 2.76. The fourth-order valence-corrected chi connectivity index (χ4v) is 1.80. The predicted octanol–water partition coefficient (Wildman–Crippen LogP) is 1.23. The highest BCUT2D eigenvalue weighted by Crippen LogP contribution is 2.25. The molecule has 1 atom stereocenters. The summed E-state index contributed by atoms with van der Waals surface area (Å²) in [6.07, 6.45) is 0.452. The molecule has 0 aromatic heterocycles. The molecule has 1 aromatic rings. The number of anilines is 1. The third kappa shape index (κ3) is 3.49. The van der Waals surface area contributed by atoms with Crippen LogP contribution in [0.3, 0.4) is 0 Å². The Hall–Kier alpha value is -1.99. The SMILES string of the molecule is O=Cc1ccc(NCC2COCCO2)c([N+](=O)[O-])c1. The Morgan fingerprint density at radius 3 is 2.95 bits per heavy atom. The van der Waals surface area contributed by atoms with Crippen molar-refractivity contribution in [3.05, 3.63) is 33.9 Å². The summed E-state index contributed by atoms with van der Waals surface area (Å²) in [5, 5.41) is 13.9. The van der Waals surface area contributed by atoms with Gasteiger partial charge in [-0.15, -0.1) is 0 Å². The van der Waals surface area contributed by atoms with Gasteiger partial charge in [-0.1, -0.05) is 0 Å². The maximum atomic E-state index is 10.9. The molecule has 0 bridgehead atoms. The van der Waals surface area contributed by atoms with Crippen molar-refractivity contribution in [2.24, 2.45) is 0 Å². The molecule has 1 saturated heterocycles. The molecule has 0 radical (unpaired) electrons. The summed E-state index contributed by atoms with van der Waals surface area (Å²) in [5.74, 6) is 0. The largest absolute Gasteiger partial charge is 0.377 e. The molecule has 1 heterocycles. The number of aldehydes is 1. The minimum absolute atomic E-state index is 0.124. The molecule has 1 aromatic carbocycles. The van der Waals surface area contributed by atoms with Crippen LogP contribution in [0.5, 0.6) is 0 Å². The maximum Gasteiger partial charge on any atom is 0.293 e. The number of nitro benzene ring substituents is 1. The average Bonchev–Trinajstić information content (AvgIpc) is 2.46. The van der Waals surface area contributed by atoms with Gasteiger partial charge in [0, 0.05) is 18.2 Å². The van der Waals surface area contributed by atoms with Crippen LogP contribution in [0.4, 0.5) is 11.4 Å². The minimum Gasteiger partial charge on any atom is -0.377 e. The van der Waals surface area contributed by atoms with Crippen LogP contribution in [0.1, 0.15) is 10.4 Å². The molecule has 0 aliphatic carbocycles. The molecule has 1 aliphatic rings. The van der Waals surface area contributed by atoms with Crippen LogP contribution < -0.4 is 5.32 Å². The Labute approximate surface area is 109 Å². The quantitative estimate of drug-likeness (QED) is 0.489. The van der Waals surface area contributed by atoms with Gasteiger partial charge < -0.3 is 14.8 Å². The van der Waals surface area contributed by atoms with E-state index in [0.29, 0.717) is 38.3 Å². The van der Waals surface area contributed by atoms with Crippen LogP contribution in [0.2, 0.25) is 0 Å². The molecule has 1 fully saturated rings. The van der Waals surface area contributed by atoms with Crippen molar-refractivity contribution in [3.63, 3.8) is 0 Å². The zero-order valence-corrected chi connectivity index (χ0v) is 10.2. The van der Waals surface area contributed by atoms with E-state index < -0.39 is 4.92 Å². The molecule has 0 spiro atoms. The Morgan fingerprint density at radius 1 is 1.47 bits per heavy atom. The third-order valence-corrected chi connectivity index (χ3v) is 2.76. The van der Waals surface area contributed by atoms with Gasteiger partial charge in [0.05, 0.1) is 30.8 Å². The standard InChI is InChI=1S/C12H14N2O5/c15-7-9-1-2-11(12(5-9)14(16)17)13-6-10-8-18-3-4-19-10/h1-2,5,7,10,13H,3-4,6,8H2. The first-order valence-corrected chi connectivity index (χ1v) is 5.87. The van der Waals surface area contributed by atoms with E-state index in [1.54, 1.807) is 0 Å². The Morgan fingerprint density at radius 2 is 2.32 bits per heavy atom. The minimum atomic E-state index is -0.520. The van der Waals surface area contributed by atoms with E-state index in [-0.39, 0.29) is 17.4 Å². The highest BCUT2D eigenvalue weighted by atomic mass is 16.6. The number of nitrogens with zero attached hydrogens (tertiary/aromatic N) is 1. The summed E-state index contributed by atoms with van der Waals surface area (Å²) in [7, 11) is 0. The molecule has 0 amide bonds. The molecular weight excluding hydrogens is 252 g/mol. The van der Waals surface area contributed by atoms with Crippen molar-refractivity contribution in [2.45, 2.75) is 6.10 Å². The molecule has 7 heteroatoms. The van der Waals surface area contributed by atoms with E-state index in [1.165, 1.54) is 18.2 Å². The van der Waals surface area contributed by atoms with Gasteiger partial charge in [-0.05, 0) is 12.1 Å². The molecule has 2 rings (SSSR count). The van der Waals surface area contributed by atoms with Crippen molar-refractivity contribution in [1.82, 2.24) is 0 Å². The smallest absolute Gasteiger partial charge is 0.293 e. The first kappa shape index (κ1) is 13.4. The second-order valence-electron chi connectivity index (χ2n) is 4.10. The van der Waals surface area contributed by atoms with Crippen LogP contribution in [0.25, 0.3) is 0 Å². The molecule has 0 saturated carbocycles. The lowest BCUT2D eigenvalue weighted by Gasteiger charge is -2.23. The summed E-state index contributed by atoms with van der Waals surface area (Å²) in [6.45, 7) is 1.98. The van der Waals surface area contributed by atoms with E-state index in [2.05, 4.69) is 5.32 Å². The van der Waals surface area contributed by atoms with Gasteiger partial charge in [-0.25, -0.2) is 0 Å². The molecule has 7 nitrogen and oxygen atoms in total. The topological polar surface area (TPSA) is 90.7 Å². The summed E-state index contributed by atoms with van der Waals surface area (Å²) in [5.41, 5.74) is 0.514. The van der Waals surface area contributed by atoms with E-state index in [1.807, 2.05) is 0 Å². The Kier molecular flexibility index (Phi) is 4.43. The first-order chi connectivity index (χ1) is 9.20. The maximum absolute atomic E-state index is 10.9. The lowest BCUT2D eigenvalue weighted by atomic mass is 10.2. The van der Waals surface area contributed by atoms with Gasteiger partial charge in [0.1, 0.15) is 12.0 Å². The van der Waals surface area contributed by atoms with Crippen LogP contribution in [-0.4, -0.2) is 43.7 Å². The molecule has 1 unspecified atom stereocenters. The van der Waals surface area contributed by atoms with Crippen LogP contribution in [-0.2, 0) is 9.47 Å². The van der Waals surface area contributed by atoms with Gasteiger partial charge in [0.15, 0.2) is 0 Å². The lowest BCUT2D eigenvalue weighted by molar-refractivity contribution is -0.384. The number of nitrogens with one attached hydrogen (secondary N) is 1. The fourth-order valence-electron chi connectivity index (χ4n) is 1.80. The van der Waals surface area contributed by atoms with Crippen molar-refractivity contribution < 1.29 is 19.2 Å². The summed E-state index contributed by atoms with van der Waals surface area (Å²) < 4.78 is 10.7. The number of hydrogen-bond acceptors (Lipinski definition) is 6. The fraction of sp³-hybridized carbons (Fsp3) is 0.417. The van der Waals surface area contributed by atoms with E-state index in [0.717, 1.165) is 0 Å². The Bertz CT molecular complexity index is 471. The molecular formula is C12H14N2O5. The van der Waals surface area contributed by atoms with Gasteiger partial charge in [0.25, 0.3) is 5.69 Å². The number of nitro groups is 1. The van der Waals surface area contributed by atoms with Crippen molar-refractivity contribution >= 4 is 17.7 Å². The monoisotopic (exact) mass is 266 g/mol. The van der Waals surface area contributed by atoms with E-state index in [4.69, 9.17) is 9.47 Å². The zero-order valence-electron chi connectivity index (χ0n) is 10.2. The van der Waals surface area contributed by atoms with Crippen LogP contribution >= 0.6 is 0 Å². The summed E-state index contributed by atoms with van der Waals surface area (Å²) in [4.78, 5) is 21.0. The Balaban J connectivity index is 2.06. The van der Waals surface area contributed by atoms with Gasteiger partial charge in [0.2, 0.25) is 0 Å².